The van der Waals surface area contributed by atoms with E-state index in [1.165, 1.54) is 0 Å². The van der Waals surface area contributed by atoms with Gasteiger partial charge in [0.2, 0.25) is 5.91 Å². The Labute approximate surface area is 79.0 Å². The molecule has 0 aliphatic heterocycles. The van der Waals surface area contributed by atoms with Gasteiger partial charge in [0, 0.05) is 12.1 Å². The van der Waals surface area contributed by atoms with Crippen molar-refractivity contribution in [3.63, 3.8) is 0 Å². The van der Waals surface area contributed by atoms with E-state index in [0.29, 0.717) is 6.42 Å². The lowest BCUT2D eigenvalue weighted by Gasteiger charge is -2.02. The molecule has 0 aromatic heterocycles. The highest BCUT2D eigenvalue weighted by atomic mass is 16.1. The summed E-state index contributed by atoms with van der Waals surface area (Å²) >= 11 is 0. The van der Waals surface area contributed by atoms with Crippen LogP contribution >= 0.6 is 0 Å². The quantitative estimate of drug-likeness (QED) is 0.504. The summed E-state index contributed by atoms with van der Waals surface area (Å²) in [4.78, 5) is 11.3. The van der Waals surface area contributed by atoms with Gasteiger partial charge in [-0.3, -0.25) is 4.79 Å². The van der Waals surface area contributed by atoms with Gasteiger partial charge in [-0.25, -0.2) is 0 Å². The molecular weight excluding hydrogens is 162 g/mol. The van der Waals surface area contributed by atoms with Gasteiger partial charge in [0.1, 0.15) is 0 Å². The highest BCUT2D eigenvalue weighted by molar-refractivity contribution is 5.79. The van der Waals surface area contributed by atoms with E-state index in [-0.39, 0.29) is 5.91 Å². The van der Waals surface area contributed by atoms with Gasteiger partial charge >= 0.3 is 0 Å². The van der Waals surface area contributed by atoms with Crippen LogP contribution in [-0.4, -0.2) is 12.5 Å². The third kappa shape index (κ3) is 3.77. The summed E-state index contributed by atoms with van der Waals surface area (Å²) < 4.78 is 0. The van der Waals surface area contributed by atoms with Gasteiger partial charge in [-0.05, 0) is 12.5 Å². The van der Waals surface area contributed by atoms with Crippen molar-refractivity contribution >= 4 is 5.91 Å². The van der Waals surface area contributed by atoms with E-state index in [0.717, 1.165) is 25.0 Å². The molecule has 0 heterocycles. The number of carbonyl (C=O) groups is 1. The smallest absolute Gasteiger partial charge is 0.225 e. The molecule has 1 rings (SSSR count). The fraction of sp³-hybridized carbons (Fsp3) is 0.455. The Hall–Kier alpha value is -1.27. The summed E-state index contributed by atoms with van der Waals surface area (Å²) in [5.41, 5.74) is 3.96. The van der Waals surface area contributed by atoms with Crippen molar-refractivity contribution in [1.82, 2.24) is 5.32 Å². The molecule has 0 radical (unpaired) electrons. The van der Waals surface area contributed by atoms with Gasteiger partial charge in [-0.15, -0.1) is 5.73 Å². The number of carbonyl (C=O) groups excluding carboxylic acids is 1. The molecule has 0 aromatic carbocycles. The first-order valence-electron chi connectivity index (χ1n) is 4.72. The molecule has 1 N–H and O–H groups in total. The van der Waals surface area contributed by atoms with Gasteiger partial charge in [-0.1, -0.05) is 25.5 Å². The second kappa shape index (κ2) is 5.39. The maximum Gasteiger partial charge on any atom is 0.225 e. The lowest BCUT2D eigenvalue weighted by molar-refractivity contribution is -0.120. The van der Waals surface area contributed by atoms with Crippen molar-refractivity contribution in [1.29, 1.82) is 0 Å². The molecule has 0 aromatic rings. The maximum atomic E-state index is 11.3. The van der Waals surface area contributed by atoms with Crippen LogP contribution in [0.3, 0.4) is 0 Å². The van der Waals surface area contributed by atoms with Crippen LogP contribution in [0, 0.1) is 0 Å². The summed E-state index contributed by atoms with van der Waals surface area (Å²) in [6.45, 7) is 2.90. The first-order valence-corrected chi connectivity index (χ1v) is 4.72. The van der Waals surface area contributed by atoms with Crippen molar-refractivity contribution in [3.05, 3.63) is 29.5 Å². The zero-order chi connectivity index (χ0) is 9.52. The first kappa shape index (κ1) is 9.82. The fourth-order valence-corrected chi connectivity index (χ4v) is 1.12. The van der Waals surface area contributed by atoms with Crippen molar-refractivity contribution in [2.24, 2.45) is 0 Å². The van der Waals surface area contributed by atoms with E-state index in [1.54, 1.807) is 0 Å². The lowest BCUT2D eigenvalue weighted by Crippen LogP contribution is -2.24. The van der Waals surface area contributed by atoms with Gasteiger partial charge in [-0.2, -0.15) is 0 Å². The molecule has 0 atom stereocenters. The average molecular weight is 177 g/mol. The topological polar surface area (TPSA) is 29.1 Å². The molecule has 0 spiro atoms. The van der Waals surface area contributed by atoms with Crippen molar-refractivity contribution < 1.29 is 4.79 Å². The Morgan fingerprint density at radius 3 is 3.08 bits per heavy atom. The molecule has 70 valence electrons. The average Bonchev–Trinajstić information content (AvgIpc) is 2.57. The summed E-state index contributed by atoms with van der Waals surface area (Å²) in [5.74, 6) is 0.0934. The SMILES string of the molecule is CCCCNC(=O)CC1=C=CC=C1. The van der Waals surface area contributed by atoms with Crippen molar-refractivity contribution in [2.75, 3.05) is 6.54 Å². The number of unbranched alkanes of at least 4 members (excludes halogenated alkanes) is 1. The van der Waals surface area contributed by atoms with Gasteiger partial charge < -0.3 is 5.32 Å². The number of hydrogen-bond donors (Lipinski definition) is 1. The molecule has 1 aliphatic rings. The van der Waals surface area contributed by atoms with Crippen LogP contribution in [0.5, 0.6) is 0 Å². The minimum atomic E-state index is 0.0934. The normalized spacial score (nSPS) is 13.2. The molecule has 0 fully saturated rings. The van der Waals surface area contributed by atoms with Gasteiger partial charge in [0.15, 0.2) is 0 Å². The maximum absolute atomic E-state index is 11.3. The Bertz CT molecular complexity index is 270. The summed E-state index contributed by atoms with van der Waals surface area (Å²) in [6, 6.07) is 0. The van der Waals surface area contributed by atoms with Crippen molar-refractivity contribution in [2.45, 2.75) is 26.2 Å². The second-order valence-electron chi connectivity index (χ2n) is 3.08. The predicted octanol–water partition coefficient (Wildman–Crippen LogP) is 1.94. The first-order chi connectivity index (χ1) is 6.33. The van der Waals surface area contributed by atoms with Gasteiger partial charge in [0.05, 0.1) is 6.42 Å². The monoisotopic (exact) mass is 177 g/mol. The number of nitrogens with one attached hydrogen (secondary N) is 1. The molecule has 1 aliphatic carbocycles. The zero-order valence-corrected chi connectivity index (χ0v) is 7.97. The van der Waals surface area contributed by atoms with Crippen molar-refractivity contribution in [3.8, 4) is 0 Å². The van der Waals surface area contributed by atoms with E-state index in [9.17, 15) is 4.79 Å². The highest BCUT2D eigenvalue weighted by Gasteiger charge is 2.03. The van der Waals surface area contributed by atoms with Gasteiger partial charge in [0.25, 0.3) is 0 Å². The lowest BCUT2D eigenvalue weighted by atomic mass is 10.2. The Balaban J connectivity index is 2.18. The molecule has 0 unspecified atom stereocenters. The number of rotatable bonds is 5. The van der Waals surface area contributed by atoms with Crippen LogP contribution in [0.15, 0.2) is 29.5 Å². The molecular formula is C11H15NO. The summed E-state index contributed by atoms with van der Waals surface area (Å²) in [5, 5.41) is 2.86. The third-order valence-corrected chi connectivity index (χ3v) is 1.87. The van der Waals surface area contributed by atoms with Crippen LogP contribution < -0.4 is 5.32 Å². The van der Waals surface area contributed by atoms with E-state index in [1.807, 2.05) is 18.2 Å². The molecule has 2 heteroatoms. The molecule has 0 saturated carbocycles. The van der Waals surface area contributed by atoms with Crippen LogP contribution in [-0.2, 0) is 4.79 Å². The van der Waals surface area contributed by atoms with Crippen LogP contribution in [0.1, 0.15) is 26.2 Å². The molecule has 0 bridgehead atoms. The Morgan fingerprint density at radius 2 is 2.46 bits per heavy atom. The zero-order valence-electron chi connectivity index (χ0n) is 7.97. The summed E-state index contributed by atoms with van der Waals surface area (Å²) in [7, 11) is 0. The number of allylic oxidation sites excluding steroid dienone is 2. The van der Waals surface area contributed by atoms with E-state index < -0.39 is 0 Å². The molecule has 1 amide bonds. The number of hydrogen-bond acceptors (Lipinski definition) is 1. The molecule has 0 saturated heterocycles. The number of amides is 1. The standard InChI is InChI=1S/C11H15NO/c1-2-3-8-12-11(13)9-10-6-4-5-7-10/h4-6H,2-3,8-9H2,1H3,(H,12,13). The van der Waals surface area contributed by atoms with E-state index >= 15 is 0 Å². The van der Waals surface area contributed by atoms with E-state index in [2.05, 4.69) is 18.0 Å². The highest BCUT2D eigenvalue weighted by Crippen LogP contribution is 2.06. The summed E-state index contributed by atoms with van der Waals surface area (Å²) in [6.07, 6.45) is 8.26. The van der Waals surface area contributed by atoms with Crippen LogP contribution in [0.25, 0.3) is 0 Å². The predicted molar refractivity (Wildman–Crippen MR) is 53.3 cm³/mol. The minimum absolute atomic E-state index is 0.0934. The third-order valence-electron chi connectivity index (χ3n) is 1.87. The molecule has 13 heavy (non-hydrogen) atoms. The Kier molecular flexibility index (Phi) is 4.07. The fourth-order valence-electron chi connectivity index (χ4n) is 1.12. The van der Waals surface area contributed by atoms with E-state index in [4.69, 9.17) is 0 Å². The largest absolute Gasteiger partial charge is 0.356 e. The Morgan fingerprint density at radius 1 is 1.62 bits per heavy atom. The molecule has 2 nitrogen and oxygen atoms in total. The minimum Gasteiger partial charge on any atom is -0.356 e. The van der Waals surface area contributed by atoms with Crippen LogP contribution in [0.4, 0.5) is 0 Å². The van der Waals surface area contributed by atoms with Crippen LogP contribution in [0.2, 0.25) is 0 Å². The second-order valence-corrected chi connectivity index (χ2v) is 3.08.